The van der Waals surface area contributed by atoms with Gasteiger partial charge >= 0.3 is 0 Å². The van der Waals surface area contributed by atoms with Crippen LogP contribution in [-0.2, 0) is 10.2 Å². The number of unbranched alkanes of at least 4 members (excludes halogenated alkanes) is 6. The Hall–Kier alpha value is -1.31. The maximum atomic E-state index is 12.2. The van der Waals surface area contributed by atoms with Gasteiger partial charge in [-0.1, -0.05) is 84.3 Å². The van der Waals surface area contributed by atoms with E-state index >= 15 is 0 Å². The Balaban J connectivity index is 1.90. The third-order valence-corrected chi connectivity index (χ3v) is 6.15. The molecule has 0 saturated heterocycles. The second-order valence-electron chi connectivity index (χ2n) is 8.79. The number of carbonyl (C=O) groups is 1. The lowest BCUT2D eigenvalue weighted by molar-refractivity contribution is -0.121. The molecule has 1 N–H and O–H groups in total. The Bertz CT molecular complexity index is 574. The fraction of sp³-hybridized carbons (Fsp3) is 0.708. The predicted octanol–water partition coefficient (Wildman–Crippen LogP) is 7.04. The number of Topliss-reactive ketones (excluding diaryl/α,β-unsaturated/α-hetero) is 1. The summed E-state index contributed by atoms with van der Waals surface area (Å²) in [4.78, 5) is 12.2. The SMILES string of the molecule is CCCCCCCCCC(C)(C)c1ccc(C2CCCCC2=O)c(O)c1. The maximum Gasteiger partial charge on any atom is 0.140 e. The first-order valence-electron chi connectivity index (χ1n) is 10.8. The first-order valence-corrected chi connectivity index (χ1v) is 10.8. The molecule has 26 heavy (non-hydrogen) atoms. The third-order valence-electron chi connectivity index (χ3n) is 6.15. The van der Waals surface area contributed by atoms with Gasteiger partial charge in [-0.05, 0) is 36.3 Å². The number of carbonyl (C=O) groups excluding carboxylic acids is 1. The van der Waals surface area contributed by atoms with Crippen LogP contribution in [0.2, 0.25) is 0 Å². The number of hydrogen-bond acceptors (Lipinski definition) is 2. The van der Waals surface area contributed by atoms with Gasteiger partial charge in [-0.15, -0.1) is 0 Å². The minimum absolute atomic E-state index is 0.0655. The van der Waals surface area contributed by atoms with Crippen LogP contribution in [-0.4, -0.2) is 10.9 Å². The average Bonchev–Trinajstić information content (AvgIpc) is 2.61. The second-order valence-corrected chi connectivity index (χ2v) is 8.79. The lowest BCUT2D eigenvalue weighted by Crippen LogP contribution is -2.19. The molecule has 0 heterocycles. The molecule has 2 heteroatoms. The highest BCUT2D eigenvalue weighted by atomic mass is 16.3. The molecule has 1 fully saturated rings. The smallest absolute Gasteiger partial charge is 0.140 e. The molecular formula is C24H38O2. The first kappa shape index (κ1) is 21.0. The van der Waals surface area contributed by atoms with Crippen LogP contribution in [0.25, 0.3) is 0 Å². The number of benzene rings is 1. The van der Waals surface area contributed by atoms with Crippen LogP contribution in [0.5, 0.6) is 5.75 Å². The third kappa shape index (κ3) is 5.86. The summed E-state index contributed by atoms with van der Waals surface area (Å²) in [5.41, 5.74) is 2.09. The summed E-state index contributed by atoms with van der Waals surface area (Å²) in [6, 6.07) is 6.06. The van der Waals surface area contributed by atoms with E-state index in [1.807, 2.05) is 12.1 Å². The molecule has 0 amide bonds. The van der Waals surface area contributed by atoms with Gasteiger partial charge in [0.05, 0.1) is 0 Å². The topological polar surface area (TPSA) is 37.3 Å². The number of phenolic OH excluding ortho intramolecular Hbond substituents is 1. The number of aromatic hydroxyl groups is 1. The Morgan fingerprint density at radius 2 is 1.73 bits per heavy atom. The molecule has 0 aliphatic heterocycles. The highest BCUT2D eigenvalue weighted by Gasteiger charge is 2.27. The number of phenols is 1. The number of rotatable bonds is 10. The molecule has 1 unspecified atom stereocenters. The molecular weight excluding hydrogens is 320 g/mol. The van der Waals surface area contributed by atoms with Crippen molar-refractivity contribution in [2.24, 2.45) is 0 Å². The molecule has 1 aromatic rings. The van der Waals surface area contributed by atoms with E-state index in [0.717, 1.165) is 31.2 Å². The Kier molecular flexibility index (Phi) is 8.18. The fourth-order valence-corrected chi connectivity index (χ4v) is 4.24. The van der Waals surface area contributed by atoms with Crippen molar-refractivity contribution in [2.75, 3.05) is 0 Å². The Morgan fingerprint density at radius 1 is 1.04 bits per heavy atom. The van der Waals surface area contributed by atoms with Crippen LogP contribution >= 0.6 is 0 Å². The molecule has 1 atom stereocenters. The Morgan fingerprint density at radius 3 is 2.38 bits per heavy atom. The molecule has 146 valence electrons. The minimum atomic E-state index is -0.0935. The molecule has 1 aromatic carbocycles. The van der Waals surface area contributed by atoms with Gasteiger partial charge in [0.15, 0.2) is 0 Å². The molecule has 2 nitrogen and oxygen atoms in total. The lowest BCUT2D eigenvalue weighted by atomic mass is 9.77. The lowest BCUT2D eigenvalue weighted by Gasteiger charge is -2.27. The van der Waals surface area contributed by atoms with E-state index in [9.17, 15) is 9.90 Å². The van der Waals surface area contributed by atoms with Crippen molar-refractivity contribution in [3.8, 4) is 5.75 Å². The van der Waals surface area contributed by atoms with Crippen LogP contribution < -0.4 is 0 Å². The van der Waals surface area contributed by atoms with Gasteiger partial charge < -0.3 is 5.11 Å². The molecule has 1 saturated carbocycles. The predicted molar refractivity (Wildman–Crippen MR) is 110 cm³/mol. The van der Waals surface area contributed by atoms with Crippen molar-refractivity contribution >= 4 is 5.78 Å². The first-order chi connectivity index (χ1) is 12.5. The van der Waals surface area contributed by atoms with Crippen molar-refractivity contribution in [1.29, 1.82) is 0 Å². The van der Waals surface area contributed by atoms with Gasteiger partial charge in [0.25, 0.3) is 0 Å². The standard InChI is InChI=1S/C24H38O2/c1-4-5-6-7-8-9-12-17-24(2,3)19-15-16-21(23(26)18-19)20-13-10-11-14-22(20)25/h15-16,18,20,26H,4-14,17H2,1-3H3. The van der Waals surface area contributed by atoms with E-state index in [1.165, 1.54) is 50.5 Å². The zero-order chi connectivity index (χ0) is 19.0. The monoisotopic (exact) mass is 358 g/mol. The van der Waals surface area contributed by atoms with E-state index < -0.39 is 0 Å². The van der Waals surface area contributed by atoms with E-state index in [4.69, 9.17) is 0 Å². The van der Waals surface area contributed by atoms with Gasteiger partial charge in [0, 0.05) is 17.9 Å². The van der Waals surface area contributed by atoms with Crippen LogP contribution in [0.15, 0.2) is 18.2 Å². The summed E-state index contributed by atoms with van der Waals surface area (Å²) in [5.74, 6) is 0.515. The maximum absolute atomic E-state index is 12.2. The average molecular weight is 359 g/mol. The Labute approximate surface area is 160 Å². The van der Waals surface area contributed by atoms with Crippen LogP contribution in [0.4, 0.5) is 0 Å². The van der Waals surface area contributed by atoms with Crippen molar-refractivity contribution in [3.63, 3.8) is 0 Å². The van der Waals surface area contributed by atoms with E-state index in [-0.39, 0.29) is 11.3 Å². The molecule has 0 aromatic heterocycles. The highest BCUT2D eigenvalue weighted by molar-refractivity contribution is 5.87. The van der Waals surface area contributed by atoms with Crippen molar-refractivity contribution in [1.82, 2.24) is 0 Å². The zero-order valence-corrected chi connectivity index (χ0v) is 17.2. The van der Waals surface area contributed by atoms with Gasteiger partial charge in [-0.3, -0.25) is 4.79 Å². The molecule has 1 aliphatic rings. The van der Waals surface area contributed by atoms with Crippen LogP contribution in [0.1, 0.15) is 115 Å². The molecule has 2 rings (SSSR count). The van der Waals surface area contributed by atoms with Crippen molar-refractivity contribution in [3.05, 3.63) is 29.3 Å². The second kappa shape index (κ2) is 10.1. The largest absolute Gasteiger partial charge is 0.508 e. The summed E-state index contributed by atoms with van der Waals surface area (Å²) in [6.07, 6.45) is 14.0. The summed E-state index contributed by atoms with van der Waals surface area (Å²) < 4.78 is 0. The van der Waals surface area contributed by atoms with Gasteiger partial charge in [-0.25, -0.2) is 0 Å². The summed E-state index contributed by atoms with van der Waals surface area (Å²) in [5, 5.41) is 10.6. The molecule has 1 aliphatic carbocycles. The van der Waals surface area contributed by atoms with E-state index in [2.05, 4.69) is 26.8 Å². The van der Waals surface area contributed by atoms with Crippen LogP contribution in [0, 0.1) is 0 Å². The summed E-state index contributed by atoms with van der Waals surface area (Å²) >= 11 is 0. The number of ketones is 1. The van der Waals surface area contributed by atoms with E-state index in [0.29, 0.717) is 18.0 Å². The fourth-order valence-electron chi connectivity index (χ4n) is 4.24. The zero-order valence-electron chi connectivity index (χ0n) is 17.2. The molecule has 0 radical (unpaired) electrons. The summed E-state index contributed by atoms with van der Waals surface area (Å²) in [7, 11) is 0. The molecule has 0 bridgehead atoms. The molecule has 0 spiro atoms. The van der Waals surface area contributed by atoms with Crippen molar-refractivity contribution < 1.29 is 9.90 Å². The van der Waals surface area contributed by atoms with E-state index in [1.54, 1.807) is 0 Å². The van der Waals surface area contributed by atoms with Gasteiger partial charge in [-0.2, -0.15) is 0 Å². The van der Waals surface area contributed by atoms with Gasteiger partial charge in [0.2, 0.25) is 0 Å². The van der Waals surface area contributed by atoms with Gasteiger partial charge in [0.1, 0.15) is 11.5 Å². The van der Waals surface area contributed by atoms with Crippen LogP contribution in [0.3, 0.4) is 0 Å². The highest BCUT2D eigenvalue weighted by Crippen LogP contribution is 2.38. The minimum Gasteiger partial charge on any atom is -0.508 e. The van der Waals surface area contributed by atoms with Crippen molar-refractivity contribution in [2.45, 2.75) is 109 Å². The quantitative estimate of drug-likeness (QED) is 0.455. The number of hydrogen-bond donors (Lipinski definition) is 1. The normalized spacial score (nSPS) is 18.3. The summed E-state index contributed by atoms with van der Waals surface area (Å²) in [6.45, 7) is 6.79.